The zero-order valence-electron chi connectivity index (χ0n) is 13.4. The molecule has 3 N–H and O–H groups in total. The third-order valence-corrected chi connectivity index (χ3v) is 5.33. The zero-order valence-corrected chi connectivity index (χ0v) is 15.0. The number of rotatable bonds is 6. The highest BCUT2D eigenvalue weighted by atomic mass is 35.5. The monoisotopic (exact) mass is 379 g/mol. The Labute approximate surface area is 147 Å². The molecule has 0 bridgehead atoms. The molecule has 24 heavy (non-hydrogen) atoms. The van der Waals surface area contributed by atoms with Gasteiger partial charge in [0.05, 0.1) is 20.3 Å². The van der Waals surface area contributed by atoms with Crippen LogP contribution in [0.25, 0.3) is 0 Å². The number of sulfonamides is 1. The number of nitrogens with two attached hydrogens (primary N) is 1. The van der Waals surface area contributed by atoms with E-state index in [2.05, 4.69) is 5.32 Å². The highest BCUT2D eigenvalue weighted by Gasteiger charge is 2.29. The Bertz CT molecular complexity index is 662. The molecule has 1 fully saturated rings. The molecule has 0 saturated carbocycles. The molecule has 1 heterocycles. The smallest absolute Gasteiger partial charge is 0.246 e. The number of morpholine rings is 1. The molecule has 1 aliphatic heterocycles. The minimum atomic E-state index is -3.72. The van der Waals surface area contributed by atoms with Gasteiger partial charge in [-0.05, 0) is 18.2 Å². The number of anilines is 1. The minimum absolute atomic E-state index is 0. The van der Waals surface area contributed by atoms with Crippen molar-refractivity contribution < 1.29 is 22.7 Å². The number of ether oxygens (including phenoxy) is 2. The van der Waals surface area contributed by atoms with Gasteiger partial charge in [0.2, 0.25) is 15.9 Å². The number of carbonyl (C=O) groups excluding carboxylic acids is 1. The van der Waals surface area contributed by atoms with E-state index < -0.39 is 10.0 Å². The first kappa shape index (κ1) is 20.7. The van der Waals surface area contributed by atoms with E-state index in [4.69, 9.17) is 15.2 Å². The van der Waals surface area contributed by atoms with E-state index in [0.717, 1.165) is 0 Å². The van der Waals surface area contributed by atoms with E-state index in [-0.39, 0.29) is 55.0 Å². The lowest BCUT2D eigenvalue weighted by Crippen LogP contribution is -2.40. The van der Waals surface area contributed by atoms with Crippen LogP contribution >= 0.6 is 12.4 Å². The topological polar surface area (TPSA) is 111 Å². The van der Waals surface area contributed by atoms with Crippen molar-refractivity contribution in [3.63, 3.8) is 0 Å². The molecule has 0 aromatic heterocycles. The van der Waals surface area contributed by atoms with Crippen LogP contribution < -0.4 is 15.8 Å². The van der Waals surface area contributed by atoms with Crippen molar-refractivity contribution in [3.05, 3.63) is 18.2 Å². The molecule has 10 heteroatoms. The summed E-state index contributed by atoms with van der Waals surface area (Å²) in [5.74, 6) is -0.0410. The lowest BCUT2D eigenvalue weighted by molar-refractivity contribution is -0.116. The van der Waals surface area contributed by atoms with Crippen molar-refractivity contribution in [1.82, 2.24) is 4.31 Å². The zero-order chi connectivity index (χ0) is 16.9. The molecule has 0 unspecified atom stereocenters. The standard InChI is InChI=1S/C14H21N3O5S.ClH/c1-21-12-3-2-11(16-14(18)4-5-15)10-13(12)23(19,20)17-6-8-22-9-7-17;/h2-3,10H,4-9,15H2,1H3,(H,16,18);1H. The van der Waals surface area contributed by atoms with E-state index in [0.29, 0.717) is 18.9 Å². The summed E-state index contributed by atoms with van der Waals surface area (Å²) >= 11 is 0. The van der Waals surface area contributed by atoms with Crippen molar-refractivity contribution >= 4 is 34.0 Å². The largest absolute Gasteiger partial charge is 0.495 e. The number of amides is 1. The molecule has 0 atom stereocenters. The Balaban J connectivity index is 0.00000288. The first-order valence-corrected chi connectivity index (χ1v) is 8.69. The summed E-state index contributed by atoms with van der Waals surface area (Å²) in [5, 5.41) is 2.63. The van der Waals surface area contributed by atoms with Gasteiger partial charge in [0.25, 0.3) is 0 Å². The average Bonchev–Trinajstić information content (AvgIpc) is 2.56. The summed E-state index contributed by atoms with van der Waals surface area (Å²) in [7, 11) is -2.32. The molecule has 1 aliphatic rings. The fourth-order valence-corrected chi connectivity index (χ4v) is 3.83. The molecule has 0 aliphatic carbocycles. The van der Waals surface area contributed by atoms with Gasteiger partial charge in [-0.2, -0.15) is 4.31 Å². The Hall–Kier alpha value is -1.39. The molecule has 2 rings (SSSR count). The average molecular weight is 380 g/mol. The second-order valence-corrected chi connectivity index (χ2v) is 6.88. The van der Waals surface area contributed by atoms with Crippen molar-refractivity contribution in [2.75, 3.05) is 45.3 Å². The van der Waals surface area contributed by atoms with Gasteiger partial charge >= 0.3 is 0 Å². The van der Waals surface area contributed by atoms with Crippen LogP contribution in [0.2, 0.25) is 0 Å². The van der Waals surface area contributed by atoms with Crippen LogP contribution in [0.15, 0.2) is 23.1 Å². The minimum Gasteiger partial charge on any atom is -0.495 e. The normalized spacial score (nSPS) is 15.4. The second kappa shape index (κ2) is 9.19. The fraction of sp³-hybridized carbons (Fsp3) is 0.500. The maximum Gasteiger partial charge on any atom is 0.246 e. The van der Waals surface area contributed by atoms with E-state index >= 15 is 0 Å². The molecule has 1 aromatic rings. The Morgan fingerprint density at radius 1 is 1.38 bits per heavy atom. The van der Waals surface area contributed by atoms with E-state index in [1.807, 2.05) is 0 Å². The van der Waals surface area contributed by atoms with Crippen LogP contribution in [-0.2, 0) is 19.6 Å². The molecule has 0 spiro atoms. The summed E-state index contributed by atoms with van der Waals surface area (Å²) < 4.78 is 37.3. The highest BCUT2D eigenvalue weighted by Crippen LogP contribution is 2.30. The predicted octanol–water partition coefficient (Wildman–Crippen LogP) is 0.425. The summed E-state index contributed by atoms with van der Waals surface area (Å²) in [6, 6.07) is 4.51. The van der Waals surface area contributed by atoms with Gasteiger partial charge in [-0.1, -0.05) is 0 Å². The first-order chi connectivity index (χ1) is 11.0. The fourth-order valence-electron chi connectivity index (χ4n) is 2.24. The number of nitrogens with one attached hydrogen (secondary N) is 1. The SMILES string of the molecule is COc1ccc(NC(=O)CCN)cc1S(=O)(=O)N1CCOCC1.Cl. The number of benzene rings is 1. The summed E-state index contributed by atoms with van der Waals surface area (Å²) in [6.07, 6.45) is 0.164. The van der Waals surface area contributed by atoms with Crippen LogP contribution in [0, 0.1) is 0 Å². The van der Waals surface area contributed by atoms with Crippen molar-refractivity contribution in [2.45, 2.75) is 11.3 Å². The van der Waals surface area contributed by atoms with Crippen LogP contribution in [-0.4, -0.2) is 58.6 Å². The maximum atomic E-state index is 12.8. The number of carbonyl (C=O) groups is 1. The predicted molar refractivity (Wildman–Crippen MR) is 92.1 cm³/mol. The van der Waals surface area contributed by atoms with Gasteiger partial charge in [-0.15, -0.1) is 12.4 Å². The van der Waals surface area contributed by atoms with Gasteiger partial charge in [-0.3, -0.25) is 4.79 Å². The van der Waals surface area contributed by atoms with E-state index in [1.54, 1.807) is 6.07 Å². The van der Waals surface area contributed by atoms with Crippen molar-refractivity contribution in [2.24, 2.45) is 5.73 Å². The number of hydrogen-bond acceptors (Lipinski definition) is 6. The van der Waals surface area contributed by atoms with Crippen LogP contribution in [0.1, 0.15) is 6.42 Å². The lowest BCUT2D eigenvalue weighted by Gasteiger charge is -2.26. The van der Waals surface area contributed by atoms with Gasteiger partial charge < -0.3 is 20.5 Å². The first-order valence-electron chi connectivity index (χ1n) is 7.25. The van der Waals surface area contributed by atoms with Crippen molar-refractivity contribution in [3.8, 4) is 5.75 Å². The van der Waals surface area contributed by atoms with Gasteiger partial charge in [0.1, 0.15) is 10.6 Å². The molecule has 136 valence electrons. The second-order valence-electron chi connectivity index (χ2n) is 4.97. The molecule has 1 aromatic carbocycles. The van der Waals surface area contributed by atoms with Gasteiger partial charge in [0, 0.05) is 31.7 Å². The van der Waals surface area contributed by atoms with Crippen LogP contribution in [0.5, 0.6) is 5.75 Å². The Morgan fingerprint density at radius 2 is 2.04 bits per heavy atom. The Kier molecular flexibility index (Phi) is 7.91. The Morgan fingerprint density at radius 3 is 2.62 bits per heavy atom. The molecule has 0 radical (unpaired) electrons. The summed E-state index contributed by atoms with van der Waals surface area (Å²) in [4.78, 5) is 11.7. The van der Waals surface area contributed by atoms with E-state index in [9.17, 15) is 13.2 Å². The molecule has 1 amide bonds. The quantitative estimate of drug-likeness (QED) is 0.741. The van der Waals surface area contributed by atoms with Crippen LogP contribution in [0.3, 0.4) is 0 Å². The number of nitrogens with zero attached hydrogens (tertiary/aromatic N) is 1. The third kappa shape index (κ3) is 4.81. The molecule has 1 saturated heterocycles. The van der Waals surface area contributed by atoms with Crippen molar-refractivity contribution in [1.29, 1.82) is 0 Å². The molecular formula is C14H22ClN3O5S. The highest BCUT2D eigenvalue weighted by molar-refractivity contribution is 7.89. The number of methoxy groups -OCH3 is 1. The third-order valence-electron chi connectivity index (χ3n) is 3.41. The molecule has 8 nitrogen and oxygen atoms in total. The van der Waals surface area contributed by atoms with Crippen LogP contribution in [0.4, 0.5) is 5.69 Å². The van der Waals surface area contributed by atoms with Gasteiger partial charge in [-0.25, -0.2) is 8.42 Å². The van der Waals surface area contributed by atoms with Gasteiger partial charge in [0.15, 0.2) is 0 Å². The molecular weight excluding hydrogens is 358 g/mol. The summed E-state index contributed by atoms with van der Waals surface area (Å²) in [5.41, 5.74) is 5.72. The summed E-state index contributed by atoms with van der Waals surface area (Å²) in [6.45, 7) is 1.51. The lowest BCUT2D eigenvalue weighted by atomic mass is 10.3. The number of hydrogen-bond donors (Lipinski definition) is 2. The number of halogens is 1. The van der Waals surface area contributed by atoms with E-state index in [1.165, 1.54) is 23.5 Å². The maximum absolute atomic E-state index is 12.8.